The molecule has 1 aromatic rings. The average Bonchev–Trinajstić information content (AvgIpc) is 2.98. The Bertz CT molecular complexity index is 882. The Kier molecular flexibility index (Phi) is 8.43. The van der Waals surface area contributed by atoms with Gasteiger partial charge in [-0.05, 0) is 74.1 Å². The molecule has 35 heavy (non-hydrogen) atoms. The van der Waals surface area contributed by atoms with E-state index in [0.29, 0.717) is 19.0 Å². The lowest BCUT2D eigenvalue weighted by Crippen LogP contribution is -2.50. The van der Waals surface area contributed by atoms with Crippen LogP contribution in [0.2, 0.25) is 0 Å². The van der Waals surface area contributed by atoms with Crippen LogP contribution in [0.5, 0.6) is 0 Å². The van der Waals surface area contributed by atoms with Crippen LogP contribution in [0.15, 0.2) is 17.6 Å². The number of amides is 2. The minimum absolute atomic E-state index is 0.0800. The van der Waals surface area contributed by atoms with E-state index in [1.54, 1.807) is 51.9 Å². The van der Waals surface area contributed by atoms with Gasteiger partial charge < -0.3 is 24.3 Å². The zero-order valence-corrected chi connectivity index (χ0v) is 23.0. The van der Waals surface area contributed by atoms with E-state index in [1.807, 2.05) is 32.6 Å². The summed E-state index contributed by atoms with van der Waals surface area (Å²) in [5, 5.41) is 3.36. The normalized spacial score (nSPS) is 21.0. The van der Waals surface area contributed by atoms with Crippen molar-refractivity contribution < 1.29 is 23.6 Å². The monoisotopic (exact) mass is 506 g/mol. The smallest absolute Gasteiger partial charge is 0.444 e. The summed E-state index contributed by atoms with van der Waals surface area (Å²) in [6.45, 7) is 16.5. The lowest BCUT2D eigenvalue weighted by Gasteiger charge is -2.33. The summed E-state index contributed by atoms with van der Waals surface area (Å²) >= 11 is 1.63. The van der Waals surface area contributed by atoms with Crippen LogP contribution in [-0.4, -0.2) is 75.7 Å². The predicted octanol–water partition coefficient (Wildman–Crippen LogP) is 3.02. The molecule has 0 aromatic carbocycles. The molecule has 2 aliphatic heterocycles. The maximum absolute atomic E-state index is 12.7. The highest BCUT2D eigenvalue weighted by Gasteiger charge is 2.52. The third kappa shape index (κ3) is 7.33. The molecule has 0 saturated carbocycles. The van der Waals surface area contributed by atoms with Crippen LogP contribution in [0.3, 0.4) is 0 Å². The van der Waals surface area contributed by atoms with E-state index in [0.717, 1.165) is 29.2 Å². The van der Waals surface area contributed by atoms with Crippen LogP contribution >= 0.6 is 11.8 Å². The minimum Gasteiger partial charge on any atom is -0.444 e. The second kappa shape index (κ2) is 10.6. The Hall–Kier alpha value is -1.85. The molecule has 0 unspecified atom stereocenters. The molecule has 0 radical (unpaired) electrons. The first-order valence-corrected chi connectivity index (χ1v) is 13.2. The van der Waals surface area contributed by atoms with Crippen LogP contribution in [0, 0.1) is 5.92 Å². The van der Waals surface area contributed by atoms with Crippen molar-refractivity contribution in [2.24, 2.45) is 5.92 Å². The number of aromatic nitrogens is 2. The largest absolute Gasteiger partial charge is 0.498 e. The van der Waals surface area contributed by atoms with Gasteiger partial charge >= 0.3 is 13.2 Å². The van der Waals surface area contributed by atoms with E-state index in [-0.39, 0.29) is 5.91 Å². The Labute approximate surface area is 213 Å². The lowest BCUT2D eigenvalue weighted by molar-refractivity contribution is -0.134. The van der Waals surface area contributed by atoms with Gasteiger partial charge in [-0.25, -0.2) is 14.8 Å². The molecule has 2 amide bonds. The zero-order valence-electron chi connectivity index (χ0n) is 22.2. The van der Waals surface area contributed by atoms with Crippen molar-refractivity contribution in [2.45, 2.75) is 96.2 Å². The van der Waals surface area contributed by atoms with Crippen LogP contribution in [-0.2, 0) is 18.8 Å². The minimum atomic E-state index is -0.619. The third-order valence-electron chi connectivity index (χ3n) is 6.65. The number of nitrogens with zero attached hydrogens (tertiary/aromatic N) is 3. The van der Waals surface area contributed by atoms with Gasteiger partial charge in [0.25, 0.3) is 0 Å². The fourth-order valence-corrected chi connectivity index (χ4v) is 4.81. The van der Waals surface area contributed by atoms with Gasteiger partial charge in [0.2, 0.25) is 5.91 Å². The summed E-state index contributed by atoms with van der Waals surface area (Å²) in [6.07, 6.45) is 4.79. The van der Waals surface area contributed by atoms with Crippen molar-refractivity contribution in [1.82, 2.24) is 20.2 Å². The molecule has 1 atom stereocenters. The SMILES string of the molecule is C[C@H](NC(=O)OC(C)(C)C)C(=O)N1CCC(CSc2ncc(B3OC(C)(C)C(C)(C)O3)cn2)CC1. The number of piperidine rings is 1. The highest BCUT2D eigenvalue weighted by atomic mass is 32.2. The van der Waals surface area contributed by atoms with Crippen LogP contribution < -0.4 is 10.8 Å². The molecular weight excluding hydrogens is 467 g/mol. The summed E-state index contributed by atoms with van der Waals surface area (Å²) in [6, 6.07) is -0.619. The van der Waals surface area contributed by atoms with Crippen LogP contribution in [0.4, 0.5) is 4.79 Å². The summed E-state index contributed by atoms with van der Waals surface area (Å²) in [4.78, 5) is 35.5. The molecule has 3 heterocycles. The number of carbonyl (C=O) groups is 2. The standard InChI is InChI=1S/C24H39BN4O5S/c1-16(28-21(31)32-22(2,3)4)19(30)29-11-9-17(10-12-29)15-35-20-26-13-18(14-27-20)25-33-23(5,6)24(7,8)34-25/h13-14,16-17H,9-12,15H2,1-8H3,(H,28,31)/t16-/m0/s1. The van der Waals surface area contributed by atoms with Crippen molar-refractivity contribution >= 4 is 36.3 Å². The van der Waals surface area contributed by atoms with Crippen molar-refractivity contribution in [2.75, 3.05) is 18.8 Å². The fraction of sp³-hybridized carbons (Fsp3) is 0.750. The molecule has 1 aromatic heterocycles. The molecule has 11 heteroatoms. The van der Waals surface area contributed by atoms with Crippen molar-refractivity contribution in [3.8, 4) is 0 Å². The van der Waals surface area contributed by atoms with Gasteiger partial charge in [0.15, 0.2) is 5.16 Å². The van der Waals surface area contributed by atoms with Crippen LogP contribution in [0.1, 0.15) is 68.2 Å². The first-order chi connectivity index (χ1) is 16.2. The molecule has 3 rings (SSSR count). The number of likely N-dealkylation sites (tertiary alicyclic amines) is 1. The Balaban J connectivity index is 1.41. The van der Waals surface area contributed by atoms with E-state index in [1.165, 1.54) is 0 Å². The summed E-state index contributed by atoms with van der Waals surface area (Å²) in [5.74, 6) is 1.29. The Morgan fingerprint density at radius 1 is 1.17 bits per heavy atom. The van der Waals surface area contributed by atoms with Crippen LogP contribution in [0.25, 0.3) is 0 Å². The molecule has 0 bridgehead atoms. The van der Waals surface area contributed by atoms with E-state index in [9.17, 15) is 9.59 Å². The second-order valence-electron chi connectivity index (χ2n) is 11.3. The first kappa shape index (κ1) is 27.7. The summed E-state index contributed by atoms with van der Waals surface area (Å²) in [5.41, 5.74) is -0.580. The predicted molar refractivity (Wildman–Crippen MR) is 137 cm³/mol. The highest BCUT2D eigenvalue weighted by molar-refractivity contribution is 7.99. The van der Waals surface area contributed by atoms with E-state index < -0.39 is 36.1 Å². The highest BCUT2D eigenvalue weighted by Crippen LogP contribution is 2.36. The second-order valence-corrected chi connectivity index (χ2v) is 12.3. The fourth-order valence-electron chi connectivity index (χ4n) is 3.83. The molecule has 2 aliphatic rings. The molecule has 0 spiro atoms. The number of carbonyl (C=O) groups excluding carboxylic acids is 2. The van der Waals surface area contributed by atoms with Gasteiger partial charge in [-0.3, -0.25) is 4.79 Å². The number of thioether (sulfide) groups is 1. The van der Waals surface area contributed by atoms with E-state index >= 15 is 0 Å². The molecule has 2 fully saturated rings. The molecule has 0 aliphatic carbocycles. The number of rotatable bonds is 6. The van der Waals surface area contributed by atoms with Crippen molar-refractivity contribution in [1.29, 1.82) is 0 Å². The molecule has 1 N–H and O–H groups in total. The number of hydrogen-bond donors (Lipinski definition) is 1. The molecule has 194 valence electrons. The van der Waals surface area contributed by atoms with E-state index in [4.69, 9.17) is 14.0 Å². The Morgan fingerprint density at radius 3 is 2.23 bits per heavy atom. The molecule has 9 nitrogen and oxygen atoms in total. The summed E-state index contributed by atoms with van der Waals surface area (Å²) < 4.78 is 17.4. The van der Waals surface area contributed by atoms with Gasteiger partial charge in [-0.15, -0.1) is 0 Å². The first-order valence-electron chi connectivity index (χ1n) is 12.3. The van der Waals surface area contributed by atoms with Gasteiger partial charge in [0.05, 0.1) is 11.2 Å². The number of ether oxygens (including phenoxy) is 1. The third-order valence-corrected chi connectivity index (χ3v) is 7.76. The van der Waals surface area contributed by atoms with Gasteiger partial charge in [-0.2, -0.15) is 0 Å². The number of hydrogen-bond acceptors (Lipinski definition) is 8. The van der Waals surface area contributed by atoms with Crippen molar-refractivity contribution in [3.63, 3.8) is 0 Å². The topological polar surface area (TPSA) is 103 Å². The molecular formula is C24H39BN4O5S. The van der Waals surface area contributed by atoms with Gasteiger partial charge in [0, 0.05) is 36.7 Å². The summed E-state index contributed by atoms with van der Waals surface area (Å²) in [7, 11) is -0.465. The van der Waals surface area contributed by atoms with Gasteiger partial charge in [0.1, 0.15) is 11.6 Å². The van der Waals surface area contributed by atoms with Crippen molar-refractivity contribution in [3.05, 3.63) is 12.4 Å². The maximum atomic E-state index is 12.7. The quantitative estimate of drug-likeness (QED) is 0.357. The zero-order chi connectivity index (χ0) is 26.0. The van der Waals surface area contributed by atoms with Gasteiger partial charge in [-0.1, -0.05) is 11.8 Å². The van der Waals surface area contributed by atoms with E-state index in [2.05, 4.69) is 15.3 Å². The maximum Gasteiger partial charge on any atom is 0.498 e. The number of nitrogens with one attached hydrogen (secondary N) is 1. The lowest BCUT2D eigenvalue weighted by atomic mass is 9.81. The average molecular weight is 506 g/mol. The Morgan fingerprint density at radius 2 is 1.71 bits per heavy atom. The number of alkyl carbamates (subject to hydrolysis) is 1. The molecule has 2 saturated heterocycles.